The number of benzene rings is 2. The molecule has 0 saturated carbocycles. The average molecular weight is 449 g/mol. The Morgan fingerprint density at radius 3 is 2.55 bits per heavy atom. The molecule has 1 fully saturated rings. The van der Waals surface area contributed by atoms with Crippen LogP contribution in [-0.2, 0) is 11.4 Å². The minimum Gasteiger partial charge on any atom is -0.489 e. The van der Waals surface area contributed by atoms with E-state index in [9.17, 15) is 9.90 Å². The van der Waals surface area contributed by atoms with Crippen LogP contribution in [0.5, 0.6) is 5.75 Å². The van der Waals surface area contributed by atoms with Crippen molar-refractivity contribution >= 4 is 11.7 Å². The van der Waals surface area contributed by atoms with E-state index in [0.717, 1.165) is 42.9 Å². The molecule has 0 radical (unpaired) electrons. The molecule has 33 heavy (non-hydrogen) atoms. The summed E-state index contributed by atoms with van der Waals surface area (Å²) in [6.45, 7) is 4.44. The molecule has 0 spiro atoms. The van der Waals surface area contributed by atoms with Gasteiger partial charge in [0.2, 0.25) is 5.91 Å². The fourth-order valence-electron chi connectivity index (χ4n) is 4.14. The number of carbonyl (C=O) groups excluding carboxylic acids is 1. The average Bonchev–Trinajstić information content (AvgIpc) is 3.18. The summed E-state index contributed by atoms with van der Waals surface area (Å²) in [6.07, 6.45) is 1.08. The molecule has 7 heteroatoms. The summed E-state index contributed by atoms with van der Waals surface area (Å²) in [5.41, 5.74) is 2.64. The molecule has 3 aromatic rings. The predicted octanol–water partition coefficient (Wildman–Crippen LogP) is 4.10. The van der Waals surface area contributed by atoms with E-state index in [1.807, 2.05) is 60.1 Å². The molecule has 1 amide bonds. The number of aliphatic hydroxyl groups excluding tert-OH is 1. The Hall–Kier alpha value is -3.16. The van der Waals surface area contributed by atoms with Crippen LogP contribution in [0.2, 0.25) is 0 Å². The number of nitrogens with zero attached hydrogens (tertiary/aromatic N) is 3. The summed E-state index contributed by atoms with van der Waals surface area (Å²) in [5, 5.41) is 18.1. The van der Waals surface area contributed by atoms with E-state index in [4.69, 9.17) is 4.74 Å². The van der Waals surface area contributed by atoms with Gasteiger partial charge in [0, 0.05) is 6.07 Å². The van der Waals surface area contributed by atoms with Gasteiger partial charge in [-0.1, -0.05) is 42.5 Å². The molecule has 2 heterocycles. The Balaban J connectivity index is 1.31. The van der Waals surface area contributed by atoms with Crippen molar-refractivity contribution in [2.45, 2.75) is 44.9 Å². The van der Waals surface area contributed by atoms with Crippen LogP contribution in [0.4, 0.5) is 5.82 Å². The van der Waals surface area contributed by atoms with Gasteiger partial charge in [-0.25, -0.2) is 4.68 Å². The number of piperidine rings is 1. The third kappa shape index (κ3) is 6.21. The van der Waals surface area contributed by atoms with Gasteiger partial charge in [0.1, 0.15) is 18.2 Å². The van der Waals surface area contributed by atoms with E-state index < -0.39 is 6.10 Å². The SMILES string of the molecule is Cc1cc(NC(=O)CC(O)c2ccc(OCc3ccccc3)cc2)n(C2CCN(C)CC2)n1. The highest BCUT2D eigenvalue weighted by Gasteiger charge is 2.23. The molecule has 1 aliphatic heterocycles. The van der Waals surface area contributed by atoms with Crippen LogP contribution in [0.25, 0.3) is 0 Å². The highest BCUT2D eigenvalue weighted by atomic mass is 16.5. The van der Waals surface area contributed by atoms with E-state index in [-0.39, 0.29) is 18.4 Å². The van der Waals surface area contributed by atoms with Gasteiger partial charge in [-0.3, -0.25) is 4.79 Å². The molecule has 2 aromatic carbocycles. The number of likely N-dealkylation sites (tertiary alicyclic amines) is 1. The van der Waals surface area contributed by atoms with Crippen molar-refractivity contribution in [1.82, 2.24) is 14.7 Å². The molecule has 1 saturated heterocycles. The lowest BCUT2D eigenvalue weighted by Gasteiger charge is -2.30. The summed E-state index contributed by atoms with van der Waals surface area (Å²) in [4.78, 5) is 15.0. The lowest BCUT2D eigenvalue weighted by molar-refractivity contribution is -0.118. The summed E-state index contributed by atoms with van der Waals surface area (Å²) in [6, 6.07) is 19.3. The Labute approximate surface area is 195 Å². The number of rotatable bonds is 8. The van der Waals surface area contributed by atoms with E-state index >= 15 is 0 Å². The first kappa shape index (κ1) is 23.0. The Morgan fingerprint density at radius 1 is 1.15 bits per heavy atom. The number of carbonyl (C=O) groups is 1. The van der Waals surface area contributed by atoms with Gasteiger partial charge < -0.3 is 20.1 Å². The maximum Gasteiger partial charge on any atom is 0.228 e. The Morgan fingerprint density at radius 2 is 1.85 bits per heavy atom. The maximum absolute atomic E-state index is 12.7. The van der Waals surface area contributed by atoms with Crippen molar-refractivity contribution in [3.8, 4) is 5.75 Å². The molecule has 1 unspecified atom stereocenters. The normalized spacial score (nSPS) is 15.8. The van der Waals surface area contributed by atoms with E-state index in [1.54, 1.807) is 12.1 Å². The lowest BCUT2D eigenvalue weighted by Crippen LogP contribution is -2.32. The zero-order chi connectivity index (χ0) is 23.2. The van der Waals surface area contributed by atoms with Crippen LogP contribution >= 0.6 is 0 Å². The lowest BCUT2D eigenvalue weighted by atomic mass is 10.1. The van der Waals surface area contributed by atoms with Gasteiger partial charge in [-0.15, -0.1) is 0 Å². The fourth-order valence-corrected chi connectivity index (χ4v) is 4.14. The number of aromatic nitrogens is 2. The van der Waals surface area contributed by atoms with Crippen LogP contribution < -0.4 is 10.1 Å². The minimum absolute atomic E-state index is 0.0259. The second-order valence-corrected chi connectivity index (χ2v) is 8.76. The number of aryl methyl sites for hydroxylation is 1. The standard InChI is InChI=1S/C26H32N4O3/c1-19-16-25(30(28-19)22-12-14-29(2)15-13-22)27-26(32)17-24(31)21-8-10-23(11-9-21)33-18-20-6-4-3-5-7-20/h3-11,16,22,24,31H,12-15,17-18H2,1-2H3,(H,27,32). The van der Waals surface area contributed by atoms with Gasteiger partial charge in [0.25, 0.3) is 0 Å². The minimum atomic E-state index is -0.894. The molecule has 7 nitrogen and oxygen atoms in total. The first-order chi connectivity index (χ1) is 16.0. The maximum atomic E-state index is 12.7. The molecule has 1 aromatic heterocycles. The molecule has 0 bridgehead atoms. The van der Waals surface area contributed by atoms with E-state index in [0.29, 0.717) is 18.0 Å². The number of hydrogen-bond acceptors (Lipinski definition) is 5. The largest absolute Gasteiger partial charge is 0.489 e. The van der Waals surface area contributed by atoms with Crippen LogP contribution in [0.15, 0.2) is 60.7 Å². The topological polar surface area (TPSA) is 79.6 Å². The van der Waals surface area contributed by atoms with Crippen LogP contribution in [-0.4, -0.2) is 45.8 Å². The molecule has 1 aliphatic rings. The molecular formula is C26H32N4O3. The van der Waals surface area contributed by atoms with Gasteiger partial charge >= 0.3 is 0 Å². The predicted molar refractivity (Wildman–Crippen MR) is 128 cm³/mol. The molecule has 174 valence electrons. The van der Waals surface area contributed by atoms with Crippen molar-refractivity contribution in [2.75, 3.05) is 25.5 Å². The van der Waals surface area contributed by atoms with Crippen LogP contribution in [0.3, 0.4) is 0 Å². The van der Waals surface area contributed by atoms with E-state index in [2.05, 4.69) is 22.4 Å². The van der Waals surface area contributed by atoms with Crippen LogP contribution in [0, 0.1) is 6.92 Å². The number of aliphatic hydroxyl groups is 1. The Kier molecular flexibility index (Phi) is 7.42. The summed E-state index contributed by atoms with van der Waals surface area (Å²) in [7, 11) is 2.12. The molecule has 4 rings (SSSR count). The van der Waals surface area contributed by atoms with Crippen LogP contribution in [0.1, 0.15) is 48.2 Å². The third-order valence-corrected chi connectivity index (χ3v) is 6.05. The number of amides is 1. The quantitative estimate of drug-likeness (QED) is 0.542. The molecule has 0 aliphatic carbocycles. The van der Waals surface area contributed by atoms with Crippen molar-refractivity contribution < 1.29 is 14.6 Å². The number of anilines is 1. The van der Waals surface area contributed by atoms with Gasteiger partial charge in [0.15, 0.2) is 0 Å². The molecular weight excluding hydrogens is 416 g/mol. The van der Waals surface area contributed by atoms with Gasteiger partial charge in [-0.05, 0) is 63.2 Å². The van der Waals surface area contributed by atoms with Gasteiger partial charge in [-0.2, -0.15) is 5.10 Å². The zero-order valence-electron chi connectivity index (χ0n) is 19.3. The first-order valence-electron chi connectivity index (χ1n) is 11.5. The van der Waals surface area contributed by atoms with Gasteiger partial charge in [0.05, 0.1) is 24.3 Å². The Bertz CT molecular complexity index is 1040. The van der Waals surface area contributed by atoms with Crippen molar-refractivity contribution in [3.05, 3.63) is 77.5 Å². The van der Waals surface area contributed by atoms with E-state index in [1.165, 1.54) is 0 Å². The zero-order valence-corrected chi connectivity index (χ0v) is 19.3. The first-order valence-corrected chi connectivity index (χ1v) is 11.5. The van der Waals surface area contributed by atoms with Crippen molar-refractivity contribution in [3.63, 3.8) is 0 Å². The van der Waals surface area contributed by atoms with Crippen molar-refractivity contribution in [2.24, 2.45) is 0 Å². The summed E-state index contributed by atoms with van der Waals surface area (Å²) >= 11 is 0. The summed E-state index contributed by atoms with van der Waals surface area (Å²) in [5.74, 6) is 1.18. The number of hydrogen-bond donors (Lipinski definition) is 2. The molecule has 1 atom stereocenters. The third-order valence-electron chi connectivity index (χ3n) is 6.05. The second-order valence-electron chi connectivity index (χ2n) is 8.76. The summed E-state index contributed by atoms with van der Waals surface area (Å²) < 4.78 is 7.73. The monoisotopic (exact) mass is 448 g/mol. The molecule has 2 N–H and O–H groups in total. The second kappa shape index (κ2) is 10.6. The fraction of sp³-hybridized carbons (Fsp3) is 0.385. The number of nitrogens with one attached hydrogen (secondary N) is 1. The number of ether oxygens (including phenoxy) is 1. The smallest absolute Gasteiger partial charge is 0.228 e. The highest BCUT2D eigenvalue weighted by Crippen LogP contribution is 2.27. The van der Waals surface area contributed by atoms with Crippen molar-refractivity contribution in [1.29, 1.82) is 0 Å². The highest BCUT2D eigenvalue weighted by molar-refractivity contribution is 5.90.